The summed E-state index contributed by atoms with van der Waals surface area (Å²) in [6.07, 6.45) is 3.08. The summed E-state index contributed by atoms with van der Waals surface area (Å²) >= 11 is 4.76. The molecule has 0 spiro atoms. The van der Waals surface area contributed by atoms with Crippen molar-refractivity contribution in [1.82, 2.24) is 0 Å². The Morgan fingerprint density at radius 2 is 1.82 bits per heavy atom. The van der Waals surface area contributed by atoms with Crippen LogP contribution in [-0.4, -0.2) is 32.7 Å². The number of esters is 1. The van der Waals surface area contributed by atoms with Crippen LogP contribution in [0.1, 0.15) is 27.7 Å². The van der Waals surface area contributed by atoms with Crippen molar-refractivity contribution in [3.05, 3.63) is 69.0 Å². The van der Waals surface area contributed by atoms with Gasteiger partial charge in [-0.3, -0.25) is 4.79 Å². The highest BCUT2D eigenvalue weighted by molar-refractivity contribution is 9.10. The van der Waals surface area contributed by atoms with Gasteiger partial charge >= 0.3 is 5.97 Å². The molecule has 0 saturated heterocycles. The normalized spacial score (nSPS) is 10.8. The fourth-order valence-corrected chi connectivity index (χ4v) is 4.61. The van der Waals surface area contributed by atoms with Gasteiger partial charge < -0.3 is 19.5 Å². The molecule has 0 aliphatic carbocycles. The third-order valence-electron chi connectivity index (χ3n) is 4.76. The topological polar surface area (TPSA) is 73.9 Å². The van der Waals surface area contributed by atoms with E-state index in [4.69, 9.17) is 14.2 Å². The van der Waals surface area contributed by atoms with E-state index in [0.717, 1.165) is 26.0 Å². The minimum atomic E-state index is -0.507. The molecule has 0 bridgehead atoms. The molecule has 0 aliphatic rings. The first kappa shape index (κ1) is 24.5. The van der Waals surface area contributed by atoms with Gasteiger partial charge in [-0.15, -0.1) is 11.3 Å². The van der Waals surface area contributed by atoms with Gasteiger partial charge in [0.2, 0.25) is 5.91 Å². The number of rotatable bonds is 8. The molecule has 172 valence electrons. The van der Waals surface area contributed by atoms with E-state index >= 15 is 0 Å². The average Bonchev–Trinajstić information content (AvgIpc) is 3.13. The number of hydrogen-bond acceptors (Lipinski definition) is 6. The summed E-state index contributed by atoms with van der Waals surface area (Å²) in [6, 6.07) is 13.0. The van der Waals surface area contributed by atoms with Crippen LogP contribution in [0.2, 0.25) is 0 Å². The Morgan fingerprint density at radius 3 is 2.45 bits per heavy atom. The number of amides is 1. The third-order valence-corrected chi connectivity index (χ3v) is 6.31. The predicted octanol–water partition coefficient (Wildman–Crippen LogP) is 6.33. The van der Waals surface area contributed by atoms with Gasteiger partial charge in [0.05, 0.1) is 20.8 Å². The van der Waals surface area contributed by atoms with Crippen molar-refractivity contribution in [2.45, 2.75) is 13.8 Å². The molecule has 1 amide bonds. The largest absolute Gasteiger partial charge is 0.493 e. The lowest BCUT2D eigenvalue weighted by molar-refractivity contribution is -0.111. The summed E-state index contributed by atoms with van der Waals surface area (Å²) in [6.45, 7) is 4.33. The number of aryl methyl sites for hydroxylation is 1. The maximum atomic E-state index is 12.7. The summed E-state index contributed by atoms with van der Waals surface area (Å²) in [5.74, 6) is 0.351. The lowest BCUT2D eigenvalue weighted by Gasteiger charge is -2.09. The SMILES string of the molecule is CCOc1ccc(/C=C/C(=O)Nc2sc(C)c(-c3ccc(Br)cc3)c2C(=O)OC)cc1OC. The summed E-state index contributed by atoms with van der Waals surface area (Å²) < 4.78 is 16.8. The predicted molar refractivity (Wildman–Crippen MR) is 135 cm³/mol. The Labute approximate surface area is 205 Å². The standard InChI is InChI=1S/C25H24BrNO5S/c1-5-32-19-12-6-16(14-20(19)30-3)7-13-21(28)27-24-23(25(29)31-4)22(15(2)33-24)17-8-10-18(26)11-9-17/h6-14H,5H2,1-4H3,(H,27,28)/b13-7+. The van der Waals surface area contributed by atoms with E-state index in [1.54, 1.807) is 25.3 Å². The highest BCUT2D eigenvalue weighted by atomic mass is 79.9. The van der Waals surface area contributed by atoms with Gasteiger partial charge in [0.1, 0.15) is 10.6 Å². The number of nitrogens with one attached hydrogen (secondary N) is 1. The lowest BCUT2D eigenvalue weighted by Crippen LogP contribution is -2.11. The molecule has 3 rings (SSSR count). The molecule has 0 radical (unpaired) electrons. The molecular weight excluding hydrogens is 506 g/mol. The van der Waals surface area contributed by atoms with E-state index < -0.39 is 5.97 Å². The van der Waals surface area contributed by atoms with E-state index in [1.807, 2.05) is 44.2 Å². The molecule has 1 heterocycles. The monoisotopic (exact) mass is 529 g/mol. The van der Waals surface area contributed by atoms with E-state index in [0.29, 0.717) is 28.7 Å². The zero-order valence-electron chi connectivity index (χ0n) is 18.7. The minimum absolute atomic E-state index is 0.340. The second kappa shape index (κ2) is 11.2. The van der Waals surface area contributed by atoms with E-state index in [9.17, 15) is 9.59 Å². The van der Waals surface area contributed by atoms with Crippen LogP contribution >= 0.6 is 27.3 Å². The Balaban J connectivity index is 1.87. The molecule has 1 aromatic heterocycles. The number of methoxy groups -OCH3 is 2. The van der Waals surface area contributed by atoms with E-state index in [-0.39, 0.29) is 5.91 Å². The number of ether oxygens (including phenoxy) is 3. The van der Waals surface area contributed by atoms with Crippen LogP contribution in [0.5, 0.6) is 11.5 Å². The molecule has 6 nitrogen and oxygen atoms in total. The van der Waals surface area contributed by atoms with Gasteiger partial charge in [-0.05, 0) is 55.3 Å². The smallest absolute Gasteiger partial charge is 0.341 e. The van der Waals surface area contributed by atoms with Crippen LogP contribution in [0.25, 0.3) is 17.2 Å². The number of thiophene rings is 1. The Bertz CT molecular complexity index is 1180. The Morgan fingerprint density at radius 1 is 1.09 bits per heavy atom. The van der Waals surface area contributed by atoms with Crippen LogP contribution in [0.4, 0.5) is 5.00 Å². The third kappa shape index (κ3) is 5.83. The maximum Gasteiger partial charge on any atom is 0.341 e. The number of benzene rings is 2. The van der Waals surface area contributed by atoms with Crippen molar-refractivity contribution in [2.75, 3.05) is 26.1 Å². The van der Waals surface area contributed by atoms with Crippen molar-refractivity contribution in [1.29, 1.82) is 0 Å². The number of carbonyl (C=O) groups is 2. The fraction of sp³-hybridized carbons (Fsp3) is 0.200. The van der Waals surface area contributed by atoms with Crippen molar-refractivity contribution in [3.8, 4) is 22.6 Å². The van der Waals surface area contributed by atoms with Crippen LogP contribution in [0, 0.1) is 6.92 Å². The minimum Gasteiger partial charge on any atom is -0.493 e. The molecule has 3 aromatic rings. The van der Waals surface area contributed by atoms with Gasteiger partial charge in [0, 0.05) is 21.0 Å². The highest BCUT2D eigenvalue weighted by Crippen LogP contribution is 2.40. The first-order valence-corrected chi connectivity index (χ1v) is 11.8. The second-order valence-electron chi connectivity index (χ2n) is 6.90. The average molecular weight is 530 g/mol. The van der Waals surface area contributed by atoms with Gasteiger partial charge in [-0.1, -0.05) is 34.1 Å². The van der Waals surface area contributed by atoms with E-state index in [2.05, 4.69) is 21.2 Å². The molecular formula is C25H24BrNO5S. The number of anilines is 1. The number of hydrogen-bond donors (Lipinski definition) is 1. The van der Waals surface area contributed by atoms with Gasteiger partial charge in [0.15, 0.2) is 11.5 Å². The van der Waals surface area contributed by atoms with Gasteiger partial charge in [-0.2, -0.15) is 0 Å². The Hall–Kier alpha value is -3.10. The summed E-state index contributed by atoms with van der Waals surface area (Å²) in [5.41, 5.74) is 2.73. The molecule has 0 saturated carbocycles. The van der Waals surface area contributed by atoms with E-state index in [1.165, 1.54) is 24.5 Å². The second-order valence-corrected chi connectivity index (χ2v) is 9.04. The zero-order chi connectivity index (χ0) is 24.0. The first-order valence-electron chi connectivity index (χ1n) is 10.2. The number of carbonyl (C=O) groups excluding carboxylic acids is 2. The fourth-order valence-electron chi connectivity index (χ4n) is 3.28. The van der Waals surface area contributed by atoms with Crippen LogP contribution in [-0.2, 0) is 9.53 Å². The van der Waals surface area contributed by atoms with Crippen LogP contribution < -0.4 is 14.8 Å². The number of halogens is 1. The van der Waals surface area contributed by atoms with Crippen molar-refractivity contribution in [3.63, 3.8) is 0 Å². The summed E-state index contributed by atoms with van der Waals surface area (Å²) in [7, 11) is 2.89. The molecule has 2 aromatic carbocycles. The van der Waals surface area contributed by atoms with Crippen LogP contribution in [0.3, 0.4) is 0 Å². The summed E-state index contributed by atoms with van der Waals surface area (Å²) in [5, 5.41) is 3.27. The highest BCUT2D eigenvalue weighted by Gasteiger charge is 2.24. The van der Waals surface area contributed by atoms with Crippen molar-refractivity contribution < 1.29 is 23.8 Å². The van der Waals surface area contributed by atoms with Gasteiger partial charge in [-0.25, -0.2) is 4.79 Å². The van der Waals surface area contributed by atoms with Crippen molar-refractivity contribution >= 4 is 50.2 Å². The molecule has 33 heavy (non-hydrogen) atoms. The Kier molecular flexibility index (Phi) is 8.30. The summed E-state index contributed by atoms with van der Waals surface area (Å²) in [4.78, 5) is 26.2. The molecule has 8 heteroatoms. The molecule has 0 aliphatic heterocycles. The molecule has 1 N–H and O–H groups in total. The molecule has 0 fully saturated rings. The zero-order valence-corrected chi connectivity index (χ0v) is 21.1. The first-order chi connectivity index (χ1) is 15.9. The molecule has 0 atom stereocenters. The van der Waals surface area contributed by atoms with Gasteiger partial charge in [0.25, 0.3) is 0 Å². The van der Waals surface area contributed by atoms with Crippen molar-refractivity contribution in [2.24, 2.45) is 0 Å². The quantitative estimate of drug-likeness (QED) is 0.272. The van der Waals surface area contributed by atoms with Crippen LogP contribution in [0.15, 0.2) is 53.0 Å². The maximum absolute atomic E-state index is 12.7. The lowest BCUT2D eigenvalue weighted by atomic mass is 10.0. The molecule has 0 unspecified atom stereocenters.